The maximum Gasteiger partial charge on any atom is 0.265 e. The molecule has 10 nitrogen and oxygen atoms in total. The van der Waals surface area contributed by atoms with E-state index in [-0.39, 0.29) is 23.9 Å². The van der Waals surface area contributed by atoms with Crippen molar-refractivity contribution in [3.05, 3.63) is 59.6 Å². The van der Waals surface area contributed by atoms with Crippen LogP contribution in [0.25, 0.3) is 5.82 Å². The van der Waals surface area contributed by atoms with Gasteiger partial charge in [0, 0.05) is 23.5 Å². The molecule has 12 heteroatoms. The number of hydrogen-bond acceptors (Lipinski definition) is 9. The zero-order valence-corrected chi connectivity index (χ0v) is 15.7. The molecule has 0 aliphatic rings. The number of pyridine rings is 1. The Kier molecular flexibility index (Phi) is 5.93. The van der Waals surface area contributed by atoms with Crippen LogP contribution in [0.5, 0.6) is 5.88 Å². The molecule has 3 aromatic heterocycles. The summed E-state index contributed by atoms with van der Waals surface area (Å²) in [5.41, 5.74) is 6.45. The summed E-state index contributed by atoms with van der Waals surface area (Å²) in [5.74, 6) is 7.67. The Balaban J connectivity index is 1.70. The molecule has 0 aromatic carbocycles. The molecule has 0 saturated carbocycles. The zero-order chi connectivity index (χ0) is 21.0. The quantitative estimate of drug-likeness (QED) is 0.446. The summed E-state index contributed by atoms with van der Waals surface area (Å²) in [6.07, 6.45) is -0.138. The molecule has 0 unspecified atom stereocenters. The SMILES string of the molecule is C/C(N)=C(\COc1ccc(-n2ncnc2C)nn1)N(N)c1ccc(C(F)F)cn1. The lowest BCUT2D eigenvalue weighted by molar-refractivity contribution is 0.151. The highest BCUT2D eigenvalue weighted by Gasteiger charge is 2.15. The molecule has 152 valence electrons. The summed E-state index contributed by atoms with van der Waals surface area (Å²) in [6, 6.07) is 5.91. The largest absolute Gasteiger partial charge is 0.470 e. The van der Waals surface area contributed by atoms with E-state index in [1.54, 1.807) is 26.0 Å². The Morgan fingerprint density at radius 2 is 2.00 bits per heavy atom. The van der Waals surface area contributed by atoms with Crippen molar-refractivity contribution in [1.29, 1.82) is 0 Å². The number of allylic oxidation sites excluding steroid dienone is 1. The summed E-state index contributed by atoms with van der Waals surface area (Å²) in [7, 11) is 0. The first-order valence-corrected chi connectivity index (χ1v) is 8.44. The number of nitrogens with zero attached hydrogens (tertiary/aromatic N) is 7. The molecule has 0 aliphatic heterocycles. The third-order valence-electron chi connectivity index (χ3n) is 3.93. The average Bonchev–Trinajstić information content (AvgIpc) is 3.14. The molecule has 3 aromatic rings. The smallest absolute Gasteiger partial charge is 0.265 e. The van der Waals surface area contributed by atoms with Gasteiger partial charge < -0.3 is 10.5 Å². The fourth-order valence-electron chi connectivity index (χ4n) is 2.35. The van der Waals surface area contributed by atoms with Gasteiger partial charge in [0.25, 0.3) is 6.43 Å². The van der Waals surface area contributed by atoms with E-state index in [2.05, 4.69) is 25.3 Å². The third-order valence-corrected chi connectivity index (χ3v) is 3.93. The van der Waals surface area contributed by atoms with Gasteiger partial charge in [0.2, 0.25) is 5.88 Å². The summed E-state index contributed by atoms with van der Waals surface area (Å²) in [4.78, 5) is 7.96. The number of hydrogen-bond donors (Lipinski definition) is 2. The van der Waals surface area contributed by atoms with E-state index in [4.69, 9.17) is 16.3 Å². The second kappa shape index (κ2) is 8.56. The monoisotopic (exact) mass is 403 g/mol. The van der Waals surface area contributed by atoms with Crippen molar-refractivity contribution in [2.24, 2.45) is 11.6 Å². The van der Waals surface area contributed by atoms with Crippen LogP contribution in [0, 0.1) is 6.92 Å². The highest BCUT2D eigenvalue weighted by Crippen LogP contribution is 2.21. The second-order valence-electron chi connectivity index (χ2n) is 5.99. The van der Waals surface area contributed by atoms with Gasteiger partial charge in [-0.15, -0.1) is 10.2 Å². The van der Waals surface area contributed by atoms with Crippen molar-refractivity contribution in [2.75, 3.05) is 11.6 Å². The van der Waals surface area contributed by atoms with Gasteiger partial charge in [0.1, 0.15) is 24.6 Å². The summed E-state index contributed by atoms with van der Waals surface area (Å²) in [6.45, 7) is 3.39. The zero-order valence-electron chi connectivity index (χ0n) is 15.7. The molecule has 0 bridgehead atoms. The van der Waals surface area contributed by atoms with Crippen LogP contribution < -0.4 is 21.3 Å². The molecule has 0 radical (unpaired) electrons. The van der Waals surface area contributed by atoms with Crippen molar-refractivity contribution in [3.8, 4) is 11.7 Å². The Bertz CT molecular complexity index is 983. The Morgan fingerprint density at radius 1 is 1.21 bits per heavy atom. The average molecular weight is 403 g/mol. The van der Waals surface area contributed by atoms with E-state index in [1.807, 2.05) is 0 Å². The summed E-state index contributed by atoms with van der Waals surface area (Å²) >= 11 is 0. The normalized spacial score (nSPS) is 12.1. The Hall–Kier alpha value is -3.67. The maximum atomic E-state index is 12.7. The highest BCUT2D eigenvalue weighted by molar-refractivity contribution is 5.45. The van der Waals surface area contributed by atoms with Crippen LogP contribution >= 0.6 is 0 Å². The van der Waals surface area contributed by atoms with Crippen LogP contribution in [0.2, 0.25) is 0 Å². The van der Waals surface area contributed by atoms with Gasteiger partial charge in [0.15, 0.2) is 5.82 Å². The number of hydrazine groups is 1. The summed E-state index contributed by atoms with van der Waals surface area (Å²) < 4.78 is 32.5. The van der Waals surface area contributed by atoms with Crippen LogP contribution in [0.15, 0.2) is 48.2 Å². The minimum Gasteiger partial charge on any atom is -0.470 e. The standard InChI is InChI=1S/C17H19F2N9O/c1-10(20)13(27(21)14-4-3-12(7-22-14)17(18)19)8-29-16-6-5-15(25-26-16)28-11(2)23-9-24-28/h3-7,9,17H,8,20-21H2,1-2H3/b13-10-. The van der Waals surface area contributed by atoms with E-state index in [0.717, 1.165) is 6.20 Å². The lowest BCUT2D eigenvalue weighted by atomic mass is 10.3. The number of aromatic nitrogens is 6. The molecule has 3 rings (SSSR count). The molecule has 29 heavy (non-hydrogen) atoms. The van der Waals surface area contributed by atoms with Gasteiger partial charge in [0.05, 0.1) is 5.70 Å². The molecule has 0 fully saturated rings. The number of nitrogens with two attached hydrogens (primary N) is 2. The van der Waals surface area contributed by atoms with E-state index >= 15 is 0 Å². The number of halogens is 2. The fourth-order valence-corrected chi connectivity index (χ4v) is 2.35. The lowest BCUT2D eigenvalue weighted by Gasteiger charge is -2.22. The van der Waals surface area contributed by atoms with E-state index in [0.29, 0.717) is 23.0 Å². The van der Waals surface area contributed by atoms with E-state index in [1.165, 1.54) is 28.2 Å². The highest BCUT2D eigenvalue weighted by atomic mass is 19.3. The van der Waals surface area contributed by atoms with Gasteiger partial charge in [-0.2, -0.15) is 9.78 Å². The van der Waals surface area contributed by atoms with Crippen molar-refractivity contribution < 1.29 is 13.5 Å². The maximum absolute atomic E-state index is 12.7. The predicted octanol–water partition coefficient (Wildman–Crippen LogP) is 1.65. The first-order valence-electron chi connectivity index (χ1n) is 8.44. The van der Waals surface area contributed by atoms with Crippen molar-refractivity contribution in [2.45, 2.75) is 20.3 Å². The fraction of sp³-hybridized carbons (Fsp3) is 0.235. The first kappa shape index (κ1) is 20.1. The minimum absolute atomic E-state index is 0.0342. The van der Waals surface area contributed by atoms with Crippen LogP contribution in [0.1, 0.15) is 24.7 Å². The molecular formula is C17H19F2N9O. The minimum atomic E-state index is -2.61. The second-order valence-corrected chi connectivity index (χ2v) is 5.99. The number of aryl methyl sites for hydroxylation is 1. The van der Waals surface area contributed by atoms with E-state index < -0.39 is 6.43 Å². The molecule has 0 atom stereocenters. The first-order chi connectivity index (χ1) is 13.9. The molecule has 0 spiro atoms. The topological polar surface area (TPSA) is 134 Å². The Labute approximate surface area is 164 Å². The van der Waals surface area contributed by atoms with Gasteiger partial charge >= 0.3 is 0 Å². The lowest BCUT2D eigenvalue weighted by Crippen LogP contribution is -2.35. The predicted molar refractivity (Wildman–Crippen MR) is 99.9 cm³/mol. The number of alkyl halides is 2. The van der Waals surface area contributed by atoms with Gasteiger partial charge in [-0.05, 0) is 32.0 Å². The van der Waals surface area contributed by atoms with Crippen LogP contribution in [0.4, 0.5) is 14.6 Å². The number of anilines is 1. The molecule has 0 aliphatic carbocycles. The third kappa shape index (κ3) is 4.60. The van der Waals surface area contributed by atoms with Crippen LogP contribution in [-0.2, 0) is 0 Å². The number of ether oxygens (including phenoxy) is 1. The molecule has 0 saturated heterocycles. The van der Waals surface area contributed by atoms with Gasteiger partial charge in [-0.3, -0.25) is 5.01 Å². The molecular weight excluding hydrogens is 384 g/mol. The van der Waals surface area contributed by atoms with Crippen molar-refractivity contribution >= 4 is 5.82 Å². The van der Waals surface area contributed by atoms with Crippen molar-refractivity contribution in [1.82, 2.24) is 29.9 Å². The van der Waals surface area contributed by atoms with Crippen LogP contribution in [-0.4, -0.2) is 36.6 Å². The van der Waals surface area contributed by atoms with Crippen molar-refractivity contribution in [3.63, 3.8) is 0 Å². The number of rotatable bonds is 7. The molecule has 3 heterocycles. The summed E-state index contributed by atoms with van der Waals surface area (Å²) in [5, 5.41) is 13.3. The van der Waals surface area contributed by atoms with Crippen LogP contribution in [0.3, 0.4) is 0 Å². The molecule has 0 amide bonds. The Morgan fingerprint density at radius 3 is 2.52 bits per heavy atom. The molecule has 4 N–H and O–H groups in total. The van der Waals surface area contributed by atoms with E-state index in [9.17, 15) is 8.78 Å². The van der Waals surface area contributed by atoms with Gasteiger partial charge in [-0.1, -0.05) is 0 Å². The van der Waals surface area contributed by atoms with Gasteiger partial charge in [-0.25, -0.2) is 24.6 Å².